The Bertz CT molecular complexity index is 454. The molecule has 1 aliphatic heterocycles. The van der Waals surface area contributed by atoms with Gasteiger partial charge in [0.1, 0.15) is 5.82 Å². The Balaban J connectivity index is 1.88. The highest BCUT2D eigenvalue weighted by Crippen LogP contribution is 2.18. The summed E-state index contributed by atoms with van der Waals surface area (Å²) in [6.07, 6.45) is 6.03. The van der Waals surface area contributed by atoms with Crippen LogP contribution >= 0.6 is 11.8 Å². The molecule has 0 aliphatic carbocycles. The minimum Gasteiger partial charge on any atom is -0.342 e. The number of aryl methyl sites for hydroxylation is 1. The third-order valence-corrected chi connectivity index (χ3v) is 4.74. The predicted octanol–water partition coefficient (Wildman–Crippen LogP) is 1.43. The van der Waals surface area contributed by atoms with Crippen LogP contribution in [0.15, 0.2) is 5.16 Å². The van der Waals surface area contributed by atoms with Gasteiger partial charge in [0.2, 0.25) is 5.91 Å². The number of hydrogen-bond donors (Lipinski definition) is 1. The largest absolute Gasteiger partial charge is 0.342 e. The highest BCUT2D eigenvalue weighted by Gasteiger charge is 2.17. The van der Waals surface area contributed by atoms with Crippen LogP contribution < -0.4 is 5.73 Å². The van der Waals surface area contributed by atoms with Gasteiger partial charge in [0.25, 0.3) is 0 Å². The van der Waals surface area contributed by atoms with Crippen LogP contribution in [-0.2, 0) is 11.3 Å². The fourth-order valence-electron chi connectivity index (χ4n) is 2.57. The molecule has 2 rings (SSSR count). The van der Waals surface area contributed by atoms with Gasteiger partial charge < -0.3 is 15.2 Å². The van der Waals surface area contributed by atoms with Crippen molar-refractivity contribution in [3.63, 3.8) is 0 Å². The molecule has 0 atom stereocenters. The van der Waals surface area contributed by atoms with Crippen molar-refractivity contribution in [2.45, 2.75) is 50.7 Å². The lowest BCUT2D eigenvalue weighted by Gasteiger charge is -2.24. The molecule has 6 nitrogen and oxygen atoms in total. The molecule has 118 valence electrons. The standard InChI is InChI=1S/C14H25N5OS/c1-12-16-17-14(19(12)10-7-15)21-11-13(20)18-8-5-3-2-4-6-9-18/h2-11,15H2,1H3. The second-order valence-electron chi connectivity index (χ2n) is 5.41. The summed E-state index contributed by atoms with van der Waals surface area (Å²) in [5, 5.41) is 8.99. The first kappa shape index (κ1) is 16.3. The van der Waals surface area contributed by atoms with Crippen LogP contribution in [0.2, 0.25) is 0 Å². The Hall–Kier alpha value is -1.08. The quantitative estimate of drug-likeness (QED) is 0.832. The molecule has 0 bridgehead atoms. The zero-order chi connectivity index (χ0) is 15.1. The molecular formula is C14H25N5OS. The molecule has 0 radical (unpaired) electrons. The van der Waals surface area contributed by atoms with Crippen molar-refractivity contribution >= 4 is 17.7 Å². The fraction of sp³-hybridized carbons (Fsp3) is 0.786. The van der Waals surface area contributed by atoms with Crippen LogP contribution in [0, 0.1) is 6.92 Å². The molecule has 21 heavy (non-hydrogen) atoms. The van der Waals surface area contributed by atoms with Gasteiger partial charge in [0, 0.05) is 26.2 Å². The minimum atomic E-state index is 0.210. The summed E-state index contributed by atoms with van der Waals surface area (Å²) >= 11 is 1.46. The number of rotatable bonds is 5. The predicted molar refractivity (Wildman–Crippen MR) is 84.2 cm³/mol. The molecular weight excluding hydrogens is 286 g/mol. The van der Waals surface area contributed by atoms with Crippen LogP contribution in [0.3, 0.4) is 0 Å². The molecule has 0 saturated carbocycles. The van der Waals surface area contributed by atoms with Gasteiger partial charge in [-0.25, -0.2) is 0 Å². The molecule has 2 N–H and O–H groups in total. The van der Waals surface area contributed by atoms with E-state index in [1.54, 1.807) is 0 Å². The van der Waals surface area contributed by atoms with Crippen molar-refractivity contribution in [1.29, 1.82) is 0 Å². The topological polar surface area (TPSA) is 77.0 Å². The Morgan fingerprint density at radius 1 is 1.19 bits per heavy atom. The van der Waals surface area contributed by atoms with E-state index in [1.165, 1.54) is 31.0 Å². The Morgan fingerprint density at radius 3 is 2.52 bits per heavy atom. The maximum absolute atomic E-state index is 12.3. The molecule has 0 unspecified atom stereocenters. The van der Waals surface area contributed by atoms with Gasteiger partial charge in [-0.15, -0.1) is 10.2 Å². The average molecular weight is 311 g/mol. The molecule has 2 heterocycles. The van der Waals surface area contributed by atoms with Crippen LogP contribution in [0.4, 0.5) is 0 Å². The van der Waals surface area contributed by atoms with Gasteiger partial charge in [-0.3, -0.25) is 4.79 Å². The van der Waals surface area contributed by atoms with Gasteiger partial charge >= 0.3 is 0 Å². The van der Waals surface area contributed by atoms with Gasteiger partial charge in [0.15, 0.2) is 5.16 Å². The van der Waals surface area contributed by atoms with E-state index in [9.17, 15) is 4.79 Å². The first-order valence-corrected chi connectivity index (χ1v) is 8.71. The van der Waals surface area contributed by atoms with Crippen molar-refractivity contribution in [3.05, 3.63) is 5.82 Å². The number of likely N-dealkylation sites (tertiary alicyclic amines) is 1. The summed E-state index contributed by atoms with van der Waals surface area (Å²) in [6, 6.07) is 0. The number of carbonyl (C=O) groups is 1. The maximum atomic E-state index is 12.3. The molecule has 0 spiro atoms. The number of nitrogens with zero attached hydrogens (tertiary/aromatic N) is 4. The summed E-state index contributed by atoms with van der Waals surface area (Å²) in [6.45, 7) is 4.94. The Kier molecular flexibility index (Phi) is 6.50. The highest BCUT2D eigenvalue weighted by molar-refractivity contribution is 7.99. The zero-order valence-corrected chi connectivity index (χ0v) is 13.6. The number of aromatic nitrogens is 3. The lowest BCUT2D eigenvalue weighted by atomic mass is 10.1. The summed E-state index contributed by atoms with van der Waals surface area (Å²) in [7, 11) is 0. The normalized spacial score (nSPS) is 16.6. The maximum Gasteiger partial charge on any atom is 0.233 e. The first-order chi connectivity index (χ1) is 10.2. The van der Waals surface area contributed by atoms with Crippen molar-refractivity contribution in [3.8, 4) is 0 Å². The van der Waals surface area contributed by atoms with Gasteiger partial charge in [-0.1, -0.05) is 31.0 Å². The van der Waals surface area contributed by atoms with Crippen LogP contribution in [0.25, 0.3) is 0 Å². The average Bonchev–Trinajstić information content (AvgIpc) is 2.77. The molecule has 1 aromatic rings. The fourth-order valence-corrected chi connectivity index (χ4v) is 3.48. The van der Waals surface area contributed by atoms with Crippen molar-refractivity contribution in [2.75, 3.05) is 25.4 Å². The number of hydrogen-bond acceptors (Lipinski definition) is 5. The van der Waals surface area contributed by atoms with E-state index in [0.717, 1.165) is 36.9 Å². The van der Waals surface area contributed by atoms with E-state index in [2.05, 4.69) is 10.2 Å². The molecule has 1 saturated heterocycles. The molecule has 1 amide bonds. The van der Waals surface area contributed by atoms with E-state index in [0.29, 0.717) is 18.8 Å². The summed E-state index contributed by atoms with van der Waals surface area (Å²) < 4.78 is 1.98. The van der Waals surface area contributed by atoms with Crippen molar-refractivity contribution in [2.24, 2.45) is 5.73 Å². The van der Waals surface area contributed by atoms with Crippen LogP contribution in [0.5, 0.6) is 0 Å². The lowest BCUT2D eigenvalue weighted by Crippen LogP contribution is -2.35. The molecule has 1 fully saturated rings. The third-order valence-electron chi connectivity index (χ3n) is 3.79. The van der Waals surface area contributed by atoms with E-state index in [1.807, 2.05) is 16.4 Å². The number of carbonyl (C=O) groups excluding carboxylic acids is 1. The van der Waals surface area contributed by atoms with Gasteiger partial charge in [0.05, 0.1) is 5.75 Å². The van der Waals surface area contributed by atoms with E-state index in [4.69, 9.17) is 5.73 Å². The Labute approximate surface area is 130 Å². The number of amides is 1. The Morgan fingerprint density at radius 2 is 1.86 bits per heavy atom. The van der Waals surface area contributed by atoms with E-state index >= 15 is 0 Å². The minimum absolute atomic E-state index is 0.210. The number of nitrogens with two attached hydrogens (primary N) is 1. The van der Waals surface area contributed by atoms with E-state index in [-0.39, 0.29) is 5.91 Å². The second-order valence-corrected chi connectivity index (χ2v) is 6.35. The van der Waals surface area contributed by atoms with Crippen molar-refractivity contribution in [1.82, 2.24) is 19.7 Å². The SMILES string of the molecule is Cc1nnc(SCC(=O)N2CCCCCCC2)n1CCN. The molecule has 1 aromatic heterocycles. The van der Waals surface area contributed by atoms with Crippen LogP contribution in [-0.4, -0.2) is 51.0 Å². The van der Waals surface area contributed by atoms with Gasteiger partial charge in [-0.2, -0.15) is 0 Å². The zero-order valence-electron chi connectivity index (χ0n) is 12.8. The van der Waals surface area contributed by atoms with E-state index < -0.39 is 0 Å². The monoisotopic (exact) mass is 311 g/mol. The molecule has 0 aromatic carbocycles. The number of thioether (sulfide) groups is 1. The summed E-state index contributed by atoms with van der Waals surface area (Å²) in [5.41, 5.74) is 5.60. The first-order valence-electron chi connectivity index (χ1n) is 7.73. The molecule has 7 heteroatoms. The second kappa shape index (κ2) is 8.38. The summed E-state index contributed by atoms with van der Waals surface area (Å²) in [5.74, 6) is 1.49. The van der Waals surface area contributed by atoms with Crippen molar-refractivity contribution < 1.29 is 4.79 Å². The van der Waals surface area contributed by atoms with Crippen LogP contribution in [0.1, 0.15) is 37.9 Å². The highest BCUT2D eigenvalue weighted by atomic mass is 32.2. The smallest absolute Gasteiger partial charge is 0.233 e. The molecule has 1 aliphatic rings. The third kappa shape index (κ3) is 4.71. The lowest BCUT2D eigenvalue weighted by molar-refractivity contribution is -0.128. The summed E-state index contributed by atoms with van der Waals surface area (Å²) in [4.78, 5) is 14.3. The van der Waals surface area contributed by atoms with Gasteiger partial charge in [-0.05, 0) is 19.8 Å².